The highest BCUT2D eigenvalue weighted by Crippen LogP contribution is 2.21. The van der Waals surface area contributed by atoms with Gasteiger partial charge in [-0.3, -0.25) is 9.59 Å². The highest BCUT2D eigenvalue weighted by atomic mass is 19.1. The largest absolute Gasteiger partial charge is 0.423 e. The first-order chi connectivity index (χ1) is 7.00. The van der Waals surface area contributed by atoms with Crippen LogP contribution in [0.15, 0.2) is 12.3 Å². The van der Waals surface area contributed by atoms with Crippen LogP contribution >= 0.6 is 0 Å². The average molecular weight is 212 g/mol. The van der Waals surface area contributed by atoms with Gasteiger partial charge in [-0.25, -0.2) is 4.98 Å². The standard InChI is InChI=1S/C9H9FN2O3/c1-5(13)12-9-8(10)7(3-4-11-9)15-6(2)14/h3-4H,1-2H3,(H,11,12,13). The van der Waals surface area contributed by atoms with Crippen LogP contribution in [-0.2, 0) is 9.59 Å². The van der Waals surface area contributed by atoms with E-state index in [0.717, 1.165) is 6.92 Å². The number of nitrogens with one attached hydrogen (secondary N) is 1. The molecule has 0 unspecified atom stereocenters. The van der Waals surface area contributed by atoms with Crippen molar-refractivity contribution in [3.63, 3.8) is 0 Å². The lowest BCUT2D eigenvalue weighted by atomic mass is 10.4. The van der Waals surface area contributed by atoms with E-state index in [1.54, 1.807) is 0 Å². The second-order valence-electron chi connectivity index (χ2n) is 2.75. The smallest absolute Gasteiger partial charge is 0.308 e. The van der Waals surface area contributed by atoms with E-state index in [4.69, 9.17) is 0 Å². The first-order valence-corrected chi connectivity index (χ1v) is 4.11. The summed E-state index contributed by atoms with van der Waals surface area (Å²) >= 11 is 0. The van der Waals surface area contributed by atoms with E-state index in [-0.39, 0.29) is 11.6 Å². The molecule has 0 aliphatic rings. The quantitative estimate of drug-likeness (QED) is 0.745. The van der Waals surface area contributed by atoms with Crippen LogP contribution in [0.5, 0.6) is 5.75 Å². The Morgan fingerprint density at radius 2 is 2.13 bits per heavy atom. The van der Waals surface area contributed by atoms with Crippen molar-refractivity contribution in [3.05, 3.63) is 18.1 Å². The van der Waals surface area contributed by atoms with Crippen LogP contribution in [0.3, 0.4) is 0 Å². The summed E-state index contributed by atoms with van der Waals surface area (Å²) in [5, 5.41) is 2.17. The maximum atomic E-state index is 13.4. The summed E-state index contributed by atoms with van der Waals surface area (Å²) in [4.78, 5) is 24.9. The van der Waals surface area contributed by atoms with Gasteiger partial charge in [0.05, 0.1) is 0 Å². The molecule has 0 fully saturated rings. The lowest BCUT2D eigenvalue weighted by Crippen LogP contribution is -2.11. The molecule has 0 aromatic carbocycles. The number of esters is 1. The van der Waals surface area contributed by atoms with Crippen LogP contribution < -0.4 is 10.1 Å². The summed E-state index contributed by atoms with van der Waals surface area (Å²) in [7, 11) is 0. The Morgan fingerprint density at radius 3 is 2.67 bits per heavy atom. The number of pyridine rings is 1. The second-order valence-corrected chi connectivity index (χ2v) is 2.75. The molecule has 0 aliphatic carbocycles. The SMILES string of the molecule is CC(=O)Nc1nccc(OC(C)=O)c1F. The Bertz CT molecular complexity index is 372. The van der Waals surface area contributed by atoms with Gasteiger partial charge in [0.2, 0.25) is 11.7 Å². The van der Waals surface area contributed by atoms with Crippen LogP contribution in [0.1, 0.15) is 13.8 Å². The van der Waals surface area contributed by atoms with Gasteiger partial charge in [0, 0.05) is 26.1 Å². The van der Waals surface area contributed by atoms with Gasteiger partial charge in [0.15, 0.2) is 11.6 Å². The maximum absolute atomic E-state index is 13.4. The molecule has 1 aromatic heterocycles. The molecular weight excluding hydrogens is 203 g/mol. The monoisotopic (exact) mass is 212 g/mol. The highest BCUT2D eigenvalue weighted by Gasteiger charge is 2.12. The molecule has 1 amide bonds. The Balaban J connectivity index is 2.99. The molecule has 0 radical (unpaired) electrons. The van der Waals surface area contributed by atoms with Gasteiger partial charge in [-0.2, -0.15) is 4.39 Å². The predicted molar refractivity (Wildman–Crippen MR) is 49.8 cm³/mol. The number of rotatable bonds is 2. The van der Waals surface area contributed by atoms with Crippen molar-refractivity contribution in [2.75, 3.05) is 5.32 Å². The number of carbonyl (C=O) groups excluding carboxylic acids is 2. The first kappa shape index (κ1) is 11.1. The van der Waals surface area contributed by atoms with E-state index >= 15 is 0 Å². The zero-order chi connectivity index (χ0) is 11.4. The fourth-order valence-corrected chi connectivity index (χ4v) is 0.914. The van der Waals surface area contributed by atoms with Crippen LogP contribution in [-0.4, -0.2) is 16.9 Å². The van der Waals surface area contributed by atoms with Crippen LogP contribution in [0.2, 0.25) is 0 Å². The molecule has 0 aliphatic heterocycles. The zero-order valence-electron chi connectivity index (χ0n) is 8.20. The minimum absolute atomic E-state index is 0.263. The Labute approximate surface area is 85.3 Å². The molecule has 0 bridgehead atoms. The van der Waals surface area contributed by atoms with Crippen LogP contribution in [0.25, 0.3) is 0 Å². The number of hydrogen-bond acceptors (Lipinski definition) is 4. The van der Waals surface area contributed by atoms with Crippen molar-refractivity contribution < 1.29 is 18.7 Å². The summed E-state index contributed by atoms with van der Waals surface area (Å²) in [6, 6.07) is 1.20. The molecule has 1 rings (SSSR count). The van der Waals surface area contributed by atoms with Gasteiger partial charge in [-0.15, -0.1) is 0 Å². The molecule has 0 atom stereocenters. The third-order valence-corrected chi connectivity index (χ3v) is 1.40. The van der Waals surface area contributed by atoms with Crippen LogP contribution in [0, 0.1) is 5.82 Å². The lowest BCUT2D eigenvalue weighted by Gasteiger charge is -2.06. The van der Waals surface area contributed by atoms with Crippen LogP contribution in [0.4, 0.5) is 10.2 Å². The number of aromatic nitrogens is 1. The summed E-state index contributed by atoms with van der Waals surface area (Å²) < 4.78 is 18.0. The lowest BCUT2D eigenvalue weighted by molar-refractivity contribution is -0.132. The van der Waals surface area contributed by atoms with E-state index in [9.17, 15) is 14.0 Å². The minimum Gasteiger partial charge on any atom is -0.423 e. The molecular formula is C9H9FN2O3. The molecule has 80 valence electrons. The number of carbonyl (C=O) groups is 2. The van der Waals surface area contributed by atoms with Crippen molar-refractivity contribution >= 4 is 17.7 Å². The van der Waals surface area contributed by atoms with E-state index in [1.807, 2.05) is 0 Å². The van der Waals surface area contributed by atoms with Gasteiger partial charge in [0.25, 0.3) is 0 Å². The fourth-order valence-electron chi connectivity index (χ4n) is 0.914. The third-order valence-electron chi connectivity index (χ3n) is 1.40. The number of hydrogen-bond donors (Lipinski definition) is 1. The van der Waals surface area contributed by atoms with E-state index in [2.05, 4.69) is 15.0 Å². The van der Waals surface area contributed by atoms with Gasteiger partial charge in [-0.05, 0) is 0 Å². The van der Waals surface area contributed by atoms with Crippen molar-refractivity contribution in [1.82, 2.24) is 4.98 Å². The molecule has 1 N–H and O–H groups in total. The van der Waals surface area contributed by atoms with Gasteiger partial charge in [-0.1, -0.05) is 0 Å². The minimum atomic E-state index is -0.872. The molecule has 0 saturated carbocycles. The highest BCUT2D eigenvalue weighted by molar-refractivity contribution is 5.88. The number of ether oxygens (including phenoxy) is 1. The molecule has 0 spiro atoms. The van der Waals surface area contributed by atoms with E-state index in [1.165, 1.54) is 19.2 Å². The Morgan fingerprint density at radius 1 is 1.47 bits per heavy atom. The number of nitrogens with zero attached hydrogens (tertiary/aromatic N) is 1. The molecule has 1 heterocycles. The molecule has 15 heavy (non-hydrogen) atoms. The first-order valence-electron chi connectivity index (χ1n) is 4.11. The zero-order valence-corrected chi connectivity index (χ0v) is 8.20. The number of amides is 1. The number of anilines is 1. The summed E-state index contributed by atoms with van der Waals surface area (Å²) in [6.07, 6.45) is 1.23. The maximum Gasteiger partial charge on any atom is 0.308 e. The summed E-state index contributed by atoms with van der Waals surface area (Å²) in [5.41, 5.74) is 0. The summed E-state index contributed by atoms with van der Waals surface area (Å²) in [6.45, 7) is 2.37. The topological polar surface area (TPSA) is 68.3 Å². The molecule has 0 saturated heterocycles. The second kappa shape index (κ2) is 4.50. The van der Waals surface area contributed by atoms with Gasteiger partial charge < -0.3 is 10.1 Å². The predicted octanol–water partition coefficient (Wildman–Crippen LogP) is 1.10. The summed E-state index contributed by atoms with van der Waals surface area (Å²) in [5.74, 6) is -2.50. The van der Waals surface area contributed by atoms with E-state index < -0.39 is 17.7 Å². The van der Waals surface area contributed by atoms with Gasteiger partial charge in [0.1, 0.15) is 0 Å². The average Bonchev–Trinajstić information content (AvgIpc) is 2.10. The van der Waals surface area contributed by atoms with Crippen molar-refractivity contribution in [1.29, 1.82) is 0 Å². The number of halogens is 1. The van der Waals surface area contributed by atoms with Gasteiger partial charge >= 0.3 is 5.97 Å². The molecule has 1 aromatic rings. The fraction of sp³-hybridized carbons (Fsp3) is 0.222. The molecule has 5 nitrogen and oxygen atoms in total. The Hall–Kier alpha value is -1.98. The normalized spacial score (nSPS) is 9.53. The van der Waals surface area contributed by atoms with Crippen molar-refractivity contribution in [2.24, 2.45) is 0 Å². The molecule has 6 heteroatoms. The van der Waals surface area contributed by atoms with E-state index in [0.29, 0.717) is 0 Å². The third kappa shape index (κ3) is 3.01. The van der Waals surface area contributed by atoms with Crippen molar-refractivity contribution in [3.8, 4) is 5.75 Å². The Kier molecular flexibility index (Phi) is 3.33. The van der Waals surface area contributed by atoms with Crippen molar-refractivity contribution in [2.45, 2.75) is 13.8 Å².